The molecule has 1 aromatic carbocycles. The van der Waals surface area contributed by atoms with E-state index in [1.807, 2.05) is 18.2 Å². The first kappa shape index (κ1) is 13.5. The van der Waals surface area contributed by atoms with Crippen molar-refractivity contribution in [3.05, 3.63) is 29.3 Å². The molecule has 3 N–H and O–H groups in total. The van der Waals surface area contributed by atoms with Crippen molar-refractivity contribution in [2.45, 2.75) is 13.1 Å². The number of carbonyl (C=O) groups is 1. The molecule has 0 unspecified atom stereocenters. The maximum atomic E-state index is 10.5. The first-order chi connectivity index (χ1) is 8.06. The van der Waals surface area contributed by atoms with Crippen molar-refractivity contribution in [1.29, 1.82) is 0 Å². The van der Waals surface area contributed by atoms with Gasteiger partial charge in [0.2, 0.25) is 0 Å². The summed E-state index contributed by atoms with van der Waals surface area (Å²) >= 11 is 0. The number of aliphatic carboxylic acids is 1. The molecule has 0 fully saturated rings. The zero-order valence-electron chi connectivity index (χ0n) is 10.1. The van der Waals surface area contributed by atoms with Crippen LogP contribution in [0.15, 0.2) is 18.2 Å². The zero-order chi connectivity index (χ0) is 12.8. The van der Waals surface area contributed by atoms with Gasteiger partial charge in [-0.1, -0.05) is 12.1 Å². The van der Waals surface area contributed by atoms with Gasteiger partial charge in [-0.2, -0.15) is 0 Å². The maximum Gasteiger partial charge on any atom is 0.317 e. The highest BCUT2D eigenvalue weighted by atomic mass is 16.5. The van der Waals surface area contributed by atoms with Crippen LogP contribution in [0.5, 0.6) is 5.75 Å². The van der Waals surface area contributed by atoms with Crippen molar-refractivity contribution in [3.8, 4) is 5.75 Å². The topological polar surface area (TPSA) is 75.8 Å². The first-order valence-electron chi connectivity index (χ1n) is 5.33. The molecule has 1 rings (SSSR count). The Labute approximate surface area is 101 Å². The molecule has 0 aromatic heterocycles. The Balaban J connectivity index is 2.75. The highest BCUT2D eigenvalue weighted by molar-refractivity contribution is 5.69. The van der Waals surface area contributed by atoms with E-state index in [0.717, 1.165) is 16.9 Å². The van der Waals surface area contributed by atoms with Gasteiger partial charge in [-0.25, -0.2) is 0 Å². The maximum absolute atomic E-state index is 10.5. The van der Waals surface area contributed by atoms with E-state index in [2.05, 4.69) is 0 Å². The first-order valence-corrected chi connectivity index (χ1v) is 5.33. The molecule has 0 saturated heterocycles. The molecule has 17 heavy (non-hydrogen) atoms. The second-order valence-corrected chi connectivity index (χ2v) is 3.92. The number of benzene rings is 1. The average molecular weight is 238 g/mol. The van der Waals surface area contributed by atoms with Crippen molar-refractivity contribution in [2.75, 3.05) is 20.7 Å². The Hall–Kier alpha value is -1.59. The van der Waals surface area contributed by atoms with Crippen LogP contribution in [-0.2, 0) is 17.9 Å². The number of carboxylic acid groups (broad SMARTS) is 1. The second kappa shape index (κ2) is 6.22. The molecule has 0 aliphatic heterocycles. The van der Waals surface area contributed by atoms with Crippen molar-refractivity contribution < 1.29 is 14.6 Å². The summed E-state index contributed by atoms with van der Waals surface area (Å²) in [6.07, 6.45) is 0. The van der Waals surface area contributed by atoms with Gasteiger partial charge in [0.05, 0.1) is 13.7 Å². The number of nitrogens with zero attached hydrogens (tertiary/aromatic N) is 1. The molecular formula is C12H18N2O3. The third-order valence-electron chi connectivity index (χ3n) is 2.43. The fourth-order valence-electron chi connectivity index (χ4n) is 1.65. The van der Waals surface area contributed by atoms with E-state index in [1.54, 1.807) is 19.1 Å². The monoisotopic (exact) mass is 238 g/mol. The molecule has 94 valence electrons. The zero-order valence-corrected chi connectivity index (χ0v) is 10.1. The van der Waals surface area contributed by atoms with Crippen LogP contribution < -0.4 is 10.5 Å². The van der Waals surface area contributed by atoms with Gasteiger partial charge in [-0.05, 0) is 18.7 Å². The van der Waals surface area contributed by atoms with E-state index in [-0.39, 0.29) is 6.54 Å². The van der Waals surface area contributed by atoms with E-state index in [1.165, 1.54) is 0 Å². The number of nitrogens with two attached hydrogens (primary N) is 1. The molecule has 0 amide bonds. The largest absolute Gasteiger partial charge is 0.496 e. The number of methoxy groups -OCH3 is 1. The summed E-state index contributed by atoms with van der Waals surface area (Å²) in [4.78, 5) is 12.3. The lowest BCUT2D eigenvalue weighted by Gasteiger charge is -2.15. The molecule has 0 spiro atoms. The van der Waals surface area contributed by atoms with E-state index in [9.17, 15) is 4.79 Å². The van der Waals surface area contributed by atoms with Crippen molar-refractivity contribution >= 4 is 5.97 Å². The van der Waals surface area contributed by atoms with Gasteiger partial charge >= 0.3 is 5.97 Å². The van der Waals surface area contributed by atoms with E-state index < -0.39 is 5.97 Å². The Morgan fingerprint density at radius 1 is 1.53 bits per heavy atom. The van der Waals surface area contributed by atoms with Crippen molar-refractivity contribution in [3.63, 3.8) is 0 Å². The lowest BCUT2D eigenvalue weighted by atomic mass is 10.1. The summed E-state index contributed by atoms with van der Waals surface area (Å²) in [5, 5.41) is 8.66. The van der Waals surface area contributed by atoms with Crippen LogP contribution >= 0.6 is 0 Å². The molecule has 0 aliphatic carbocycles. The fraction of sp³-hybridized carbons (Fsp3) is 0.417. The molecular weight excluding hydrogens is 220 g/mol. The number of hydrogen-bond acceptors (Lipinski definition) is 4. The van der Waals surface area contributed by atoms with E-state index in [4.69, 9.17) is 15.6 Å². The minimum absolute atomic E-state index is 0.0148. The molecule has 0 saturated carbocycles. The molecule has 0 bridgehead atoms. The number of carboxylic acids is 1. The van der Waals surface area contributed by atoms with E-state index >= 15 is 0 Å². The predicted molar refractivity (Wildman–Crippen MR) is 64.9 cm³/mol. The Morgan fingerprint density at radius 2 is 2.24 bits per heavy atom. The van der Waals surface area contributed by atoms with Crippen molar-refractivity contribution in [2.24, 2.45) is 5.73 Å². The molecule has 0 atom stereocenters. The molecule has 0 heterocycles. The highest BCUT2D eigenvalue weighted by Crippen LogP contribution is 2.20. The number of ether oxygens (including phenoxy) is 1. The third kappa shape index (κ3) is 4.05. The van der Waals surface area contributed by atoms with E-state index in [0.29, 0.717) is 13.1 Å². The van der Waals surface area contributed by atoms with Gasteiger partial charge in [0.15, 0.2) is 0 Å². The Bertz CT molecular complexity index is 393. The second-order valence-electron chi connectivity index (χ2n) is 3.92. The standard InChI is InChI=1S/C12H18N2O3/c1-14(8-12(15)16)7-9-3-4-10(6-13)11(5-9)17-2/h3-5H,6-8,13H2,1-2H3,(H,15,16). The third-order valence-corrected chi connectivity index (χ3v) is 2.43. The molecule has 5 heteroatoms. The summed E-state index contributed by atoms with van der Waals surface area (Å²) in [5.41, 5.74) is 7.52. The predicted octanol–water partition coefficient (Wildman–Crippen LogP) is 0.670. The minimum atomic E-state index is -0.835. The lowest BCUT2D eigenvalue weighted by molar-refractivity contribution is -0.138. The fourth-order valence-corrected chi connectivity index (χ4v) is 1.65. The molecule has 5 nitrogen and oxygen atoms in total. The smallest absolute Gasteiger partial charge is 0.317 e. The van der Waals surface area contributed by atoms with Crippen LogP contribution in [0, 0.1) is 0 Å². The lowest BCUT2D eigenvalue weighted by Crippen LogP contribution is -2.25. The van der Waals surface area contributed by atoms with Gasteiger partial charge < -0.3 is 15.6 Å². The Morgan fingerprint density at radius 3 is 2.76 bits per heavy atom. The minimum Gasteiger partial charge on any atom is -0.496 e. The highest BCUT2D eigenvalue weighted by Gasteiger charge is 2.07. The number of likely N-dealkylation sites (N-methyl/N-ethyl adjacent to an activating group) is 1. The number of rotatable bonds is 6. The summed E-state index contributed by atoms with van der Waals surface area (Å²) in [5.74, 6) is -0.0910. The summed E-state index contributed by atoms with van der Waals surface area (Å²) in [7, 11) is 3.36. The number of hydrogen-bond donors (Lipinski definition) is 2. The van der Waals surface area contributed by atoms with Crippen LogP contribution in [0.25, 0.3) is 0 Å². The van der Waals surface area contributed by atoms with Gasteiger partial charge in [0, 0.05) is 18.7 Å². The van der Waals surface area contributed by atoms with Gasteiger partial charge in [-0.3, -0.25) is 9.69 Å². The van der Waals surface area contributed by atoms with Crippen LogP contribution in [0.3, 0.4) is 0 Å². The average Bonchev–Trinajstić information content (AvgIpc) is 2.27. The summed E-state index contributed by atoms with van der Waals surface area (Å²) < 4.78 is 5.22. The quantitative estimate of drug-likeness (QED) is 0.762. The molecule has 0 aliphatic rings. The van der Waals surface area contributed by atoms with Gasteiger partial charge in [0.1, 0.15) is 5.75 Å². The van der Waals surface area contributed by atoms with Crippen LogP contribution in [0.2, 0.25) is 0 Å². The summed E-state index contributed by atoms with van der Waals surface area (Å²) in [6.45, 7) is 1.00. The van der Waals surface area contributed by atoms with Gasteiger partial charge in [-0.15, -0.1) is 0 Å². The van der Waals surface area contributed by atoms with Crippen molar-refractivity contribution in [1.82, 2.24) is 4.90 Å². The Kier molecular flexibility index (Phi) is 4.93. The van der Waals surface area contributed by atoms with Crippen LogP contribution in [0.4, 0.5) is 0 Å². The normalized spacial score (nSPS) is 10.6. The van der Waals surface area contributed by atoms with Gasteiger partial charge in [0.25, 0.3) is 0 Å². The summed E-state index contributed by atoms with van der Waals surface area (Å²) in [6, 6.07) is 5.73. The molecule has 0 radical (unpaired) electrons. The van der Waals surface area contributed by atoms with Crippen LogP contribution in [0.1, 0.15) is 11.1 Å². The molecule has 1 aromatic rings. The van der Waals surface area contributed by atoms with Crippen LogP contribution in [-0.4, -0.2) is 36.7 Å². The SMILES string of the molecule is COc1cc(CN(C)CC(=O)O)ccc1CN.